The molecule has 3 fully saturated rings. The summed E-state index contributed by atoms with van der Waals surface area (Å²) < 4.78 is 5.61. The fraction of sp³-hybridized carbons (Fsp3) is 0.875. The van der Waals surface area contributed by atoms with Crippen molar-refractivity contribution >= 4 is 0 Å². The van der Waals surface area contributed by atoms with E-state index >= 15 is 0 Å². The molecule has 0 aliphatic heterocycles. The number of fused-ring (bicyclic) bond motifs is 2. The van der Waals surface area contributed by atoms with Crippen molar-refractivity contribution in [1.29, 1.82) is 0 Å². The normalized spacial score (nSPS) is 41.0. The van der Waals surface area contributed by atoms with Crippen LogP contribution in [0.15, 0.2) is 4.52 Å². The summed E-state index contributed by atoms with van der Waals surface area (Å²) in [4.78, 5) is 4.77. The first-order valence-electron chi connectivity index (χ1n) is 8.40. The quantitative estimate of drug-likeness (QED) is 0.841. The van der Waals surface area contributed by atoms with E-state index in [0.29, 0.717) is 5.92 Å². The van der Waals surface area contributed by atoms with E-state index in [1.807, 2.05) is 0 Å². The van der Waals surface area contributed by atoms with Crippen LogP contribution in [0.5, 0.6) is 0 Å². The second-order valence-corrected chi connectivity index (χ2v) is 7.18. The van der Waals surface area contributed by atoms with E-state index in [9.17, 15) is 0 Å². The van der Waals surface area contributed by atoms with Crippen LogP contribution in [0.3, 0.4) is 0 Å². The van der Waals surface area contributed by atoms with Gasteiger partial charge in [0.25, 0.3) is 0 Å². The maximum Gasteiger partial charge on any atom is 0.231 e. The van der Waals surface area contributed by atoms with E-state index in [-0.39, 0.29) is 12.0 Å². The molecule has 3 saturated carbocycles. The van der Waals surface area contributed by atoms with Crippen molar-refractivity contribution in [3.8, 4) is 0 Å². The summed E-state index contributed by atoms with van der Waals surface area (Å²) in [5.41, 5.74) is 6.31. The molecule has 1 heterocycles. The third-order valence-electron chi connectivity index (χ3n) is 5.91. The zero-order valence-corrected chi connectivity index (χ0v) is 12.1. The van der Waals surface area contributed by atoms with Gasteiger partial charge in [-0.2, -0.15) is 4.98 Å². The Balaban J connectivity index is 1.52. The second-order valence-electron chi connectivity index (χ2n) is 7.18. The van der Waals surface area contributed by atoms with Gasteiger partial charge < -0.3 is 10.3 Å². The third kappa shape index (κ3) is 2.18. The Labute approximate surface area is 120 Å². The molecule has 0 aromatic carbocycles. The minimum absolute atomic E-state index is 0.200. The van der Waals surface area contributed by atoms with E-state index in [1.54, 1.807) is 0 Å². The Hall–Kier alpha value is -0.900. The fourth-order valence-electron chi connectivity index (χ4n) is 4.75. The molecule has 1 aromatic rings. The van der Waals surface area contributed by atoms with Gasteiger partial charge >= 0.3 is 0 Å². The van der Waals surface area contributed by atoms with Gasteiger partial charge in [0.1, 0.15) is 0 Å². The van der Waals surface area contributed by atoms with Crippen molar-refractivity contribution in [2.75, 3.05) is 0 Å². The van der Waals surface area contributed by atoms with Gasteiger partial charge in [-0.15, -0.1) is 0 Å². The van der Waals surface area contributed by atoms with Crippen molar-refractivity contribution in [1.82, 2.24) is 10.1 Å². The SMILES string of the molecule is NC1CCCCCC1c1nc(C2CC3CCC2C3)no1. The topological polar surface area (TPSA) is 64.9 Å². The van der Waals surface area contributed by atoms with Crippen molar-refractivity contribution in [2.24, 2.45) is 17.6 Å². The molecule has 5 atom stereocenters. The van der Waals surface area contributed by atoms with Gasteiger partial charge in [0.05, 0.1) is 5.92 Å². The van der Waals surface area contributed by atoms with Gasteiger partial charge in [-0.25, -0.2) is 0 Å². The standard InChI is InChI=1S/C16H25N3O/c17-14-5-3-1-2-4-12(14)16-18-15(19-20-16)13-9-10-6-7-11(13)8-10/h10-14H,1-9,17H2. The lowest BCUT2D eigenvalue weighted by atomic mass is 9.88. The van der Waals surface area contributed by atoms with E-state index in [1.165, 1.54) is 44.9 Å². The van der Waals surface area contributed by atoms with Crippen molar-refractivity contribution in [3.63, 3.8) is 0 Å². The summed E-state index contributed by atoms with van der Waals surface area (Å²) in [6, 6.07) is 0.200. The number of rotatable bonds is 2. The Morgan fingerprint density at radius 1 is 0.950 bits per heavy atom. The van der Waals surface area contributed by atoms with Crippen molar-refractivity contribution < 1.29 is 4.52 Å². The van der Waals surface area contributed by atoms with Crippen LogP contribution in [0.25, 0.3) is 0 Å². The Kier molecular flexibility index (Phi) is 3.29. The van der Waals surface area contributed by atoms with E-state index in [2.05, 4.69) is 5.16 Å². The Bertz CT molecular complexity index is 472. The summed E-state index contributed by atoms with van der Waals surface area (Å²) >= 11 is 0. The maximum atomic E-state index is 6.31. The molecular formula is C16H25N3O. The van der Waals surface area contributed by atoms with Crippen LogP contribution in [-0.2, 0) is 0 Å². The zero-order valence-electron chi connectivity index (χ0n) is 12.1. The summed E-state index contributed by atoms with van der Waals surface area (Å²) in [5.74, 6) is 4.38. The molecule has 4 rings (SSSR count). The average molecular weight is 275 g/mol. The van der Waals surface area contributed by atoms with Gasteiger partial charge in [0.15, 0.2) is 5.82 Å². The van der Waals surface area contributed by atoms with Gasteiger partial charge in [0, 0.05) is 12.0 Å². The van der Waals surface area contributed by atoms with E-state index < -0.39 is 0 Å². The minimum atomic E-state index is 0.200. The first-order valence-corrected chi connectivity index (χ1v) is 8.40. The predicted molar refractivity (Wildman–Crippen MR) is 76.3 cm³/mol. The molecule has 0 amide bonds. The Morgan fingerprint density at radius 2 is 1.85 bits per heavy atom. The zero-order chi connectivity index (χ0) is 13.5. The lowest BCUT2D eigenvalue weighted by Gasteiger charge is -2.18. The molecule has 3 aliphatic carbocycles. The molecule has 0 spiro atoms. The van der Waals surface area contributed by atoms with Gasteiger partial charge in [-0.3, -0.25) is 0 Å². The predicted octanol–water partition coefficient (Wildman–Crippen LogP) is 3.35. The molecule has 0 radical (unpaired) electrons. The van der Waals surface area contributed by atoms with Crippen LogP contribution >= 0.6 is 0 Å². The van der Waals surface area contributed by atoms with Crippen molar-refractivity contribution in [2.45, 2.75) is 75.7 Å². The maximum absolute atomic E-state index is 6.31. The highest BCUT2D eigenvalue weighted by Crippen LogP contribution is 2.52. The summed E-state index contributed by atoms with van der Waals surface area (Å²) in [6.07, 6.45) is 11.4. The lowest BCUT2D eigenvalue weighted by molar-refractivity contribution is 0.316. The first-order chi connectivity index (χ1) is 9.81. The highest BCUT2D eigenvalue weighted by molar-refractivity contribution is 5.08. The van der Waals surface area contributed by atoms with Crippen LogP contribution in [0.2, 0.25) is 0 Å². The number of nitrogens with zero attached hydrogens (tertiary/aromatic N) is 2. The number of hydrogen-bond donors (Lipinski definition) is 1. The van der Waals surface area contributed by atoms with Gasteiger partial charge in [-0.05, 0) is 43.9 Å². The first kappa shape index (κ1) is 12.8. The highest BCUT2D eigenvalue weighted by atomic mass is 16.5. The van der Waals surface area contributed by atoms with Crippen LogP contribution in [-0.4, -0.2) is 16.2 Å². The molecule has 4 nitrogen and oxygen atoms in total. The lowest BCUT2D eigenvalue weighted by Crippen LogP contribution is -2.27. The fourth-order valence-corrected chi connectivity index (χ4v) is 4.75. The largest absolute Gasteiger partial charge is 0.339 e. The van der Waals surface area contributed by atoms with Crippen molar-refractivity contribution in [3.05, 3.63) is 11.7 Å². The molecule has 2 bridgehead atoms. The molecule has 5 unspecified atom stereocenters. The monoisotopic (exact) mass is 275 g/mol. The molecule has 1 aromatic heterocycles. The third-order valence-corrected chi connectivity index (χ3v) is 5.91. The van der Waals surface area contributed by atoms with E-state index in [4.69, 9.17) is 15.2 Å². The molecule has 3 aliphatic rings. The van der Waals surface area contributed by atoms with Crippen LogP contribution in [0, 0.1) is 11.8 Å². The summed E-state index contributed by atoms with van der Waals surface area (Å²) in [6.45, 7) is 0. The number of nitrogens with two attached hydrogens (primary N) is 1. The average Bonchev–Trinajstić information content (AvgIpc) is 3.15. The number of aromatic nitrogens is 2. The van der Waals surface area contributed by atoms with Gasteiger partial charge in [0.2, 0.25) is 5.89 Å². The molecule has 0 saturated heterocycles. The van der Waals surface area contributed by atoms with Crippen LogP contribution in [0.1, 0.15) is 81.3 Å². The minimum Gasteiger partial charge on any atom is -0.339 e. The van der Waals surface area contributed by atoms with Crippen LogP contribution in [0.4, 0.5) is 0 Å². The summed E-state index contributed by atoms with van der Waals surface area (Å²) in [7, 11) is 0. The van der Waals surface area contributed by atoms with Crippen LogP contribution < -0.4 is 5.73 Å². The molecule has 20 heavy (non-hydrogen) atoms. The molecule has 2 N–H and O–H groups in total. The van der Waals surface area contributed by atoms with Gasteiger partial charge in [-0.1, -0.05) is 30.8 Å². The second kappa shape index (κ2) is 5.14. The molecule has 110 valence electrons. The smallest absolute Gasteiger partial charge is 0.231 e. The Morgan fingerprint density at radius 3 is 2.65 bits per heavy atom. The summed E-state index contributed by atoms with van der Waals surface area (Å²) in [5, 5.41) is 4.32. The van der Waals surface area contributed by atoms with E-state index in [0.717, 1.165) is 36.4 Å². The number of hydrogen-bond acceptors (Lipinski definition) is 4. The molecular weight excluding hydrogens is 250 g/mol. The highest BCUT2D eigenvalue weighted by Gasteiger charge is 2.42. The molecule has 4 heteroatoms.